The van der Waals surface area contributed by atoms with Gasteiger partial charge in [-0.1, -0.05) is 6.07 Å². The van der Waals surface area contributed by atoms with Crippen LogP contribution in [0.4, 0.5) is 5.69 Å². The minimum Gasteiger partial charge on any atom is -0.472 e. The molecule has 3 nitrogen and oxygen atoms in total. The number of rotatable bonds is 4. The van der Waals surface area contributed by atoms with Crippen LogP contribution in [0.25, 0.3) is 0 Å². The SMILES string of the molecule is CSc1cccc(N(C)Cc2ccoc2)c1C#N. The zero-order valence-electron chi connectivity index (χ0n) is 10.4. The van der Waals surface area contributed by atoms with Crippen molar-refractivity contribution in [1.82, 2.24) is 0 Å². The Labute approximate surface area is 111 Å². The molecule has 0 aliphatic carbocycles. The van der Waals surface area contributed by atoms with Gasteiger partial charge in [-0.2, -0.15) is 5.26 Å². The Morgan fingerprint density at radius 3 is 2.83 bits per heavy atom. The van der Waals surface area contributed by atoms with Gasteiger partial charge < -0.3 is 9.32 Å². The summed E-state index contributed by atoms with van der Waals surface area (Å²) in [4.78, 5) is 3.07. The number of hydrogen-bond donors (Lipinski definition) is 0. The van der Waals surface area contributed by atoms with Gasteiger partial charge in [-0.3, -0.25) is 0 Å². The van der Waals surface area contributed by atoms with Crippen LogP contribution in [0.3, 0.4) is 0 Å². The molecule has 0 aliphatic rings. The van der Waals surface area contributed by atoms with E-state index in [1.165, 1.54) is 0 Å². The summed E-state index contributed by atoms with van der Waals surface area (Å²) in [5, 5.41) is 9.30. The molecular weight excluding hydrogens is 244 g/mol. The van der Waals surface area contributed by atoms with E-state index in [2.05, 4.69) is 11.0 Å². The largest absolute Gasteiger partial charge is 0.472 e. The topological polar surface area (TPSA) is 40.2 Å². The van der Waals surface area contributed by atoms with Crippen molar-refractivity contribution in [2.75, 3.05) is 18.2 Å². The zero-order chi connectivity index (χ0) is 13.0. The van der Waals surface area contributed by atoms with Crippen molar-refractivity contribution in [3.63, 3.8) is 0 Å². The molecule has 0 saturated carbocycles. The molecule has 0 saturated heterocycles. The fourth-order valence-electron chi connectivity index (χ4n) is 1.86. The summed E-state index contributed by atoms with van der Waals surface area (Å²) >= 11 is 1.59. The van der Waals surface area contributed by atoms with E-state index in [4.69, 9.17) is 4.42 Å². The third-order valence-corrected chi connectivity index (χ3v) is 3.53. The summed E-state index contributed by atoms with van der Waals surface area (Å²) in [5.41, 5.74) is 2.78. The van der Waals surface area contributed by atoms with Gasteiger partial charge in [-0.15, -0.1) is 11.8 Å². The molecular formula is C14H14N2OS. The van der Waals surface area contributed by atoms with E-state index in [0.29, 0.717) is 0 Å². The Morgan fingerprint density at radius 2 is 2.22 bits per heavy atom. The molecule has 18 heavy (non-hydrogen) atoms. The van der Waals surface area contributed by atoms with Gasteiger partial charge in [0.1, 0.15) is 6.07 Å². The van der Waals surface area contributed by atoms with E-state index in [1.54, 1.807) is 24.3 Å². The first-order chi connectivity index (χ1) is 8.76. The Morgan fingerprint density at radius 1 is 1.39 bits per heavy atom. The molecule has 0 unspecified atom stereocenters. The van der Waals surface area contributed by atoms with Gasteiger partial charge in [-0.05, 0) is 24.5 Å². The molecule has 0 aliphatic heterocycles. The summed E-state index contributed by atoms with van der Waals surface area (Å²) in [6, 6.07) is 10.1. The minimum absolute atomic E-state index is 0.725. The highest BCUT2D eigenvalue weighted by molar-refractivity contribution is 7.98. The molecule has 1 aromatic heterocycles. The average molecular weight is 258 g/mol. The van der Waals surface area contributed by atoms with Crippen LogP contribution in [0.1, 0.15) is 11.1 Å². The first kappa shape index (κ1) is 12.6. The van der Waals surface area contributed by atoms with E-state index in [-0.39, 0.29) is 0 Å². The maximum absolute atomic E-state index is 9.30. The van der Waals surface area contributed by atoms with E-state index in [1.807, 2.05) is 37.6 Å². The van der Waals surface area contributed by atoms with Crippen LogP contribution < -0.4 is 4.90 Å². The normalized spacial score (nSPS) is 10.1. The molecule has 0 fully saturated rings. The lowest BCUT2D eigenvalue weighted by molar-refractivity contribution is 0.563. The quantitative estimate of drug-likeness (QED) is 0.787. The maximum atomic E-state index is 9.30. The summed E-state index contributed by atoms with van der Waals surface area (Å²) in [5.74, 6) is 0. The van der Waals surface area contributed by atoms with Crippen molar-refractivity contribution in [3.05, 3.63) is 47.9 Å². The molecule has 4 heteroatoms. The third-order valence-electron chi connectivity index (χ3n) is 2.75. The maximum Gasteiger partial charge on any atom is 0.103 e. The highest BCUT2D eigenvalue weighted by Crippen LogP contribution is 2.29. The number of nitriles is 1. The van der Waals surface area contributed by atoms with Gasteiger partial charge in [-0.25, -0.2) is 0 Å². The molecule has 0 spiro atoms. The Hall–Kier alpha value is -1.86. The number of anilines is 1. The number of furan rings is 1. The van der Waals surface area contributed by atoms with Crippen LogP contribution in [0.5, 0.6) is 0 Å². The fraction of sp³-hybridized carbons (Fsp3) is 0.214. The first-order valence-corrected chi connectivity index (χ1v) is 6.78. The second kappa shape index (κ2) is 5.65. The van der Waals surface area contributed by atoms with E-state index in [9.17, 15) is 5.26 Å². The van der Waals surface area contributed by atoms with Crippen LogP contribution in [-0.2, 0) is 6.54 Å². The van der Waals surface area contributed by atoms with Crippen LogP contribution >= 0.6 is 11.8 Å². The average Bonchev–Trinajstić information content (AvgIpc) is 2.90. The van der Waals surface area contributed by atoms with Gasteiger partial charge in [0.2, 0.25) is 0 Å². The van der Waals surface area contributed by atoms with E-state index >= 15 is 0 Å². The van der Waals surface area contributed by atoms with E-state index in [0.717, 1.165) is 28.3 Å². The monoisotopic (exact) mass is 258 g/mol. The highest BCUT2D eigenvalue weighted by Gasteiger charge is 2.11. The summed E-state index contributed by atoms with van der Waals surface area (Å²) in [6.07, 6.45) is 5.36. The predicted molar refractivity (Wildman–Crippen MR) is 73.8 cm³/mol. The minimum atomic E-state index is 0.725. The molecule has 0 bridgehead atoms. The Balaban J connectivity index is 2.30. The number of nitrogens with zero attached hydrogens (tertiary/aromatic N) is 2. The van der Waals surface area contributed by atoms with Gasteiger partial charge >= 0.3 is 0 Å². The summed E-state index contributed by atoms with van der Waals surface area (Å²) in [7, 11) is 1.98. The molecule has 92 valence electrons. The van der Waals surface area contributed by atoms with Crippen LogP contribution in [0.15, 0.2) is 46.1 Å². The molecule has 0 N–H and O–H groups in total. The van der Waals surface area contributed by atoms with Crippen LogP contribution in [-0.4, -0.2) is 13.3 Å². The predicted octanol–water partition coefficient (Wildman–Crippen LogP) is 3.51. The van der Waals surface area contributed by atoms with E-state index < -0.39 is 0 Å². The highest BCUT2D eigenvalue weighted by atomic mass is 32.2. The van der Waals surface area contributed by atoms with Crippen molar-refractivity contribution < 1.29 is 4.42 Å². The lowest BCUT2D eigenvalue weighted by Gasteiger charge is -2.20. The third kappa shape index (κ3) is 2.52. The molecule has 2 aromatic rings. The summed E-state index contributed by atoms with van der Waals surface area (Å²) in [6.45, 7) is 0.725. The van der Waals surface area contributed by atoms with Crippen LogP contribution in [0.2, 0.25) is 0 Å². The molecule has 1 heterocycles. The smallest absolute Gasteiger partial charge is 0.103 e. The number of benzene rings is 1. The van der Waals surface area contributed by atoms with Crippen molar-refractivity contribution in [3.8, 4) is 6.07 Å². The number of thioether (sulfide) groups is 1. The van der Waals surface area contributed by atoms with Crippen molar-refractivity contribution in [1.29, 1.82) is 5.26 Å². The second-order valence-corrected chi connectivity index (χ2v) is 4.80. The van der Waals surface area contributed by atoms with Crippen molar-refractivity contribution in [2.24, 2.45) is 0 Å². The molecule has 0 radical (unpaired) electrons. The fourth-order valence-corrected chi connectivity index (χ4v) is 2.43. The van der Waals surface area contributed by atoms with Crippen molar-refractivity contribution >= 4 is 17.4 Å². The zero-order valence-corrected chi connectivity index (χ0v) is 11.2. The molecule has 0 amide bonds. The van der Waals surface area contributed by atoms with Gasteiger partial charge in [0.05, 0.1) is 23.8 Å². The number of hydrogen-bond acceptors (Lipinski definition) is 4. The Kier molecular flexibility index (Phi) is 3.96. The Bertz CT molecular complexity index is 558. The summed E-state index contributed by atoms with van der Waals surface area (Å²) < 4.78 is 5.06. The van der Waals surface area contributed by atoms with Gasteiger partial charge in [0.25, 0.3) is 0 Å². The molecule has 2 rings (SSSR count). The van der Waals surface area contributed by atoms with Gasteiger partial charge in [0, 0.05) is 24.1 Å². The molecule has 1 aromatic carbocycles. The molecule has 0 atom stereocenters. The van der Waals surface area contributed by atoms with Gasteiger partial charge in [0.15, 0.2) is 0 Å². The standard InChI is InChI=1S/C14H14N2OS/c1-16(9-11-6-7-17-10-11)13-4-3-5-14(18-2)12(13)8-15/h3-7,10H,9H2,1-2H3. The lowest BCUT2D eigenvalue weighted by atomic mass is 10.1. The van der Waals surface area contributed by atoms with Crippen LogP contribution in [0, 0.1) is 11.3 Å². The second-order valence-electron chi connectivity index (χ2n) is 3.95. The van der Waals surface area contributed by atoms with Crippen molar-refractivity contribution in [2.45, 2.75) is 11.4 Å². The first-order valence-electron chi connectivity index (χ1n) is 5.55. The lowest BCUT2D eigenvalue weighted by Crippen LogP contribution is -2.17.